The van der Waals surface area contributed by atoms with Gasteiger partial charge in [0.05, 0.1) is 6.07 Å². The van der Waals surface area contributed by atoms with Crippen LogP contribution in [0, 0.1) is 11.3 Å². The van der Waals surface area contributed by atoms with E-state index in [9.17, 15) is 5.26 Å². The van der Waals surface area contributed by atoms with Crippen LogP contribution < -0.4 is 5.32 Å². The number of rotatable bonds is 5. The SMILES string of the molecule is C.CCCCCN1CCC(C#N)(NC(C)(C)C)C1. The molecule has 1 aliphatic rings. The van der Waals surface area contributed by atoms with Crippen molar-refractivity contribution in [2.45, 2.75) is 71.9 Å². The van der Waals surface area contributed by atoms with Gasteiger partial charge in [0, 0.05) is 18.6 Å². The maximum Gasteiger partial charge on any atom is 0.121 e. The molecule has 1 rings (SSSR count). The molecule has 1 aliphatic heterocycles. The number of nitrogens with one attached hydrogen (secondary N) is 1. The van der Waals surface area contributed by atoms with Crippen LogP contribution in [0.4, 0.5) is 0 Å². The molecule has 1 unspecified atom stereocenters. The van der Waals surface area contributed by atoms with Gasteiger partial charge in [-0.2, -0.15) is 5.26 Å². The lowest BCUT2D eigenvalue weighted by Gasteiger charge is -2.32. The third-order valence-corrected chi connectivity index (χ3v) is 3.25. The van der Waals surface area contributed by atoms with E-state index in [-0.39, 0.29) is 18.5 Å². The highest BCUT2D eigenvalue weighted by Gasteiger charge is 2.40. The van der Waals surface area contributed by atoms with Crippen LogP contribution in [0.3, 0.4) is 0 Å². The van der Waals surface area contributed by atoms with Gasteiger partial charge in [0.25, 0.3) is 0 Å². The van der Waals surface area contributed by atoms with E-state index < -0.39 is 0 Å². The largest absolute Gasteiger partial charge is 0.300 e. The van der Waals surface area contributed by atoms with Crippen molar-refractivity contribution < 1.29 is 0 Å². The Hall–Kier alpha value is -0.590. The zero-order valence-electron chi connectivity index (χ0n) is 11.8. The fraction of sp³-hybridized carbons (Fsp3) is 0.933. The summed E-state index contributed by atoms with van der Waals surface area (Å²) in [5.74, 6) is 0. The van der Waals surface area contributed by atoms with Crippen LogP contribution in [0.25, 0.3) is 0 Å². The maximum atomic E-state index is 9.43. The van der Waals surface area contributed by atoms with E-state index in [1.165, 1.54) is 19.3 Å². The number of hydrogen-bond donors (Lipinski definition) is 1. The lowest BCUT2D eigenvalue weighted by molar-refractivity contribution is 0.270. The van der Waals surface area contributed by atoms with Gasteiger partial charge in [0.15, 0.2) is 0 Å². The van der Waals surface area contributed by atoms with Crippen LogP contribution >= 0.6 is 0 Å². The molecule has 1 N–H and O–H groups in total. The van der Waals surface area contributed by atoms with Crippen LogP contribution in [-0.4, -0.2) is 35.6 Å². The average molecular weight is 253 g/mol. The molecule has 0 bridgehead atoms. The summed E-state index contributed by atoms with van der Waals surface area (Å²) >= 11 is 0. The van der Waals surface area contributed by atoms with Gasteiger partial charge in [-0.3, -0.25) is 5.32 Å². The van der Waals surface area contributed by atoms with Gasteiger partial charge in [-0.05, 0) is 40.2 Å². The van der Waals surface area contributed by atoms with Gasteiger partial charge in [0.2, 0.25) is 0 Å². The zero-order valence-corrected chi connectivity index (χ0v) is 11.8. The Morgan fingerprint density at radius 3 is 2.50 bits per heavy atom. The van der Waals surface area contributed by atoms with Gasteiger partial charge >= 0.3 is 0 Å². The first-order valence-electron chi connectivity index (χ1n) is 6.84. The van der Waals surface area contributed by atoms with Crippen molar-refractivity contribution in [3.63, 3.8) is 0 Å². The van der Waals surface area contributed by atoms with E-state index in [1.807, 2.05) is 0 Å². The number of nitrogens with zero attached hydrogens (tertiary/aromatic N) is 2. The first-order chi connectivity index (χ1) is 7.91. The second-order valence-corrected chi connectivity index (χ2v) is 6.30. The Balaban J connectivity index is 0.00000289. The molecule has 1 heterocycles. The quantitative estimate of drug-likeness (QED) is 0.765. The Kier molecular flexibility index (Phi) is 6.88. The molecule has 0 aromatic heterocycles. The molecular formula is C15H31N3. The van der Waals surface area contributed by atoms with E-state index in [4.69, 9.17) is 0 Å². The molecule has 1 fully saturated rings. The molecule has 0 aromatic rings. The zero-order chi connectivity index (χ0) is 12.9. The van der Waals surface area contributed by atoms with E-state index in [0.717, 1.165) is 26.1 Å². The van der Waals surface area contributed by atoms with Gasteiger partial charge in [-0.1, -0.05) is 27.2 Å². The van der Waals surface area contributed by atoms with Crippen molar-refractivity contribution >= 4 is 0 Å². The Morgan fingerprint density at radius 1 is 1.33 bits per heavy atom. The van der Waals surface area contributed by atoms with Crippen LogP contribution in [0.2, 0.25) is 0 Å². The Morgan fingerprint density at radius 2 is 2.00 bits per heavy atom. The third-order valence-electron chi connectivity index (χ3n) is 3.25. The van der Waals surface area contributed by atoms with Crippen molar-refractivity contribution in [3.05, 3.63) is 0 Å². The highest BCUT2D eigenvalue weighted by molar-refractivity contribution is 5.14. The minimum Gasteiger partial charge on any atom is -0.300 e. The van der Waals surface area contributed by atoms with Gasteiger partial charge < -0.3 is 4.90 Å². The Bertz CT molecular complexity index is 274. The molecule has 3 heteroatoms. The summed E-state index contributed by atoms with van der Waals surface area (Å²) in [6, 6.07) is 2.50. The molecule has 0 spiro atoms. The summed E-state index contributed by atoms with van der Waals surface area (Å²) in [5, 5.41) is 12.9. The van der Waals surface area contributed by atoms with Crippen LogP contribution in [0.5, 0.6) is 0 Å². The fourth-order valence-electron chi connectivity index (χ4n) is 2.60. The van der Waals surface area contributed by atoms with E-state index in [0.29, 0.717) is 0 Å². The molecule has 0 aromatic carbocycles. The summed E-state index contributed by atoms with van der Waals surface area (Å²) in [6.45, 7) is 11.7. The van der Waals surface area contributed by atoms with Gasteiger partial charge in [-0.15, -0.1) is 0 Å². The first kappa shape index (κ1) is 17.4. The van der Waals surface area contributed by atoms with Crippen LogP contribution in [0.15, 0.2) is 0 Å². The van der Waals surface area contributed by atoms with Crippen LogP contribution in [-0.2, 0) is 0 Å². The molecule has 0 amide bonds. The normalized spacial score (nSPS) is 24.6. The highest BCUT2D eigenvalue weighted by atomic mass is 15.2. The predicted molar refractivity (Wildman–Crippen MR) is 78.5 cm³/mol. The summed E-state index contributed by atoms with van der Waals surface area (Å²) in [4.78, 5) is 2.43. The number of likely N-dealkylation sites (tertiary alicyclic amines) is 1. The number of hydrogen-bond acceptors (Lipinski definition) is 3. The summed E-state index contributed by atoms with van der Waals surface area (Å²) in [6.07, 6.45) is 4.76. The second kappa shape index (κ2) is 7.11. The lowest BCUT2D eigenvalue weighted by atomic mass is 9.95. The molecule has 3 nitrogen and oxygen atoms in total. The van der Waals surface area contributed by atoms with E-state index >= 15 is 0 Å². The average Bonchev–Trinajstić information content (AvgIpc) is 2.60. The fourth-order valence-corrected chi connectivity index (χ4v) is 2.60. The maximum absolute atomic E-state index is 9.43. The monoisotopic (exact) mass is 253 g/mol. The van der Waals surface area contributed by atoms with E-state index in [1.54, 1.807) is 0 Å². The third kappa shape index (κ3) is 5.37. The minimum absolute atomic E-state index is 0. The Labute approximate surface area is 114 Å². The number of unbranched alkanes of at least 4 members (excludes halogenated alkanes) is 2. The predicted octanol–water partition coefficient (Wildman–Crippen LogP) is 3.17. The van der Waals surface area contributed by atoms with Crippen molar-refractivity contribution in [1.82, 2.24) is 10.2 Å². The van der Waals surface area contributed by atoms with Crippen molar-refractivity contribution in [3.8, 4) is 6.07 Å². The van der Waals surface area contributed by atoms with Crippen molar-refractivity contribution in [1.29, 1.82) is 5.26 Å². The molecule has 18 heavy (non-hydrogen) atoms. The smallest absolute Gasteiger partial charge is 0.121 e. The standard InChI is InChI=1S/C14H27N3.CH4/c1-5-6-7-9-17-10-8-14(11-15,12-17)16-13(2,3)4;/h16H,5-10,12H2,1-4H3;1H4. The summed E-state index contributed by atoms with van der Waals surface area (Å²) < 4.78 is 0. The highest BCUT2D eigenvalue weighted by Crippen LogP contribution is 2.23. The lowest BCUT2D eigenvalue weighted by Crippen LogP contribution is -2.54. The molecule has 0 aliphatic carbocycles. The molecule has 1 atom stereocenters. The molecular weight excluding hydrogens is 222 g/mol. The molecule has 0 saturated carbocycles. The second-order valence-electron chi connectivity index (χ2n) is 6.30. The van der Waals surface area contributed by atoms with E-state index in [2.05, 4.69) is 44.0 Å². The molecule has 106 valence electrons. The summed E-state index contributed by atoms with van der Waals surface area (Å²) in [5.41, 5.74) is -0.320. The van der Waals surface area contributed by atoms with Crippen molar-refractivity contribution in [2.75, 3.05) is 19.6 Å². The van der Waals surface area contributed by atoms with Crippen LogP contribution in [0.1, 0.15) is 60.8 Å². The topological polar surface area (TPSA) is 39.1 Å². The molecule has 1 saturated heterocycles. The summed E-state index contributed by atoms with van der Waals surface area (Å²) in [7, 11) is 0. The van der Waals surface area contributed by atoms with Crippen molar-refractivity contribution in [2.24, 2.45) is 0 Å². The molecule has 0 radical (unpaired) electrons. The number of nitriles is 1. The van der Waals surface area contributed by atoms with Gasteiger partial charge in [0.1, 0.15) is 5.54 Å². The van der Waals surface area contributed by atoms with Gasteiger partial charge in [-0.25, -0.2) is 0 Å². The first-order valence-corrected chi connectivity index (χ1v) is 6.84. The minimum atomic E-state index is -0.329.